The third-order valence-electron chi connectivity index (χ3n) is 3.27. The van der Waals surface area contributed by atoms with E-state index in [1.54, 1.807) is 0 Å². The summed E-state index contributed by atoms with van der Waals surface area (Å²) in [6.07, 6.45) is 3.39. The minimum Gasteiger partial charge on any atom is -0.381 e. The van der Waals surface area contributed by atoms with Crippen molar-refractivity contribution in [1.82, 2.24) is 0 Å². The molecule has 0 atom stereocenters. The fourth-order valence-electron chi connectivity index (χ4n) is 1.89. The predicted octanol–water partition coefficient (Wildman–Crippen LogP) is 3.09. The number of halogens is 6. The maximum absolute atomic E-state index is 11.9. The minimum absolute atomic E-state index is 0.0231. The van der Waals surface area contributed by atoms with E-state index >= 15 is 0 Å². The van der Waals surface area contributed by atoms with E-state index in [2.05, 4.69) is 8.37 Å². The molecule has 0 aromatic carbocycles. The second kappa shape index (κ2) is 10.7. The van der Waals surface area contributed by atoms with Gasteiger partial charge in [0.05, 0.1) is 19.8 Å². The smallest absolute Gasteiger partial charge is 0.381 e. The Balaban J connectivity index is 0.000000300. The van der Waals surface area contributed by atoms with Gasteiger partial charge in [-0.3, -0.25) is 0 Å². The summed E-state index contributed by atoms with van der Waals surface area (Å²) in [5, 5.41) is 0. The van der Waals surface area contributed by atoms with Crippen LogP contribution in [0, 0.1) is 0 Å². The highest BCUT2D eigenvalue weighted by atomic mass is 32.2. The topological polar surface area (TPSA) is 105 Å². The van der Waals surface area contributed by atoms with E-state index in [-0.39, 0.29) is 37.6 Å². The summed E-state index contributed by atoms with van der Waals surface area (Å²) in [5.41, 5.74) is -10.8. The molecule has 0 aliphatic carbocycles. The second-order valence-corrected chi connectivity index (χ2v) is 8.71. The zero-order valence-electron chi connectivity index (χ0n) is 15.2. The molecule has 0 aromatic heterocycles. The molecule has 0 N–H and O–H groups in total. The molecule has 0 bridgehead atoms. The third kappa shape index (κ3) is 8.69. The first-order chi connectivity index (χ1) is 13.7. The summed E-state index contributed by atoms with van der Waals surface area (Å²) < 4.78 is 132. The van der Waals surface area contributed by atoms with E-state index in [1.165, 1.54) is 12.2 Å². The number of ether oxygens (including phenoxy) is 2. The number of rotatable bonds is 4. The van der Waals surface area contributed by atoms with Crippen molar-refractivity contribution in [2.45, 2.75) is 36.7 Å². The minimum atomic E-state index is -5.54. The number of allylic oxidation sites excluding steroid dienone is 1. The first-order valence-electron chi connectivity index (χ1n) is 8.21. The van der Waals surface area contributed by atoms with Crippen molar-refractivity contribution in [3.05, 3.63) is 23.7 Å². The van der Waals surface area contributed by atoms with Crippen LogP contribution >= 0.6 is 0 Å². The van der Waals surface area contributed by atoms with Gasteiger partial charge in [0.2, 0.25) is 0 Å². The van der Waals surface area contributed by atoms with Crippen LogP contribution in [-0.4, -0.2) is 54.3 Å². The van der Waals surface area contributed by atoms with Crippen molar-refractivity contribution in [2.24, 2.45) is 0 Å². The quantitative estimate of drug-likeness (QED) is 0.335. The molecule has 30 heavy (non-hydrogen) atoms. The summed E-state index contributed by atoms with van der Waals surface area (Å²) in [5.74, 6) is -0.436. The van der Waals surface area contributed by atoms with E-state index in [1.807, 2.05) is 0 Å². The van der Waals surface area contributed by atoms with E-state index in [4.69, 9.17) is 9.47 Å². The Morgan fingerprint density at radius 2 is 1.27 bits per heavy atom. The summed E-state index contributed by atoms with van der Waals surface area (Å²) in [6.45, 7) is 0.927. The molecule has 0 radical (unpaired) electrons. The van der Waals surface area contributed by atoms with Gasteiger partial charge in [-0.1, -0.05) is 0 Å². The van der Waals surface area contributed by atoms with Gasteiger partial charge in [0.15, 0.2) is 0 Å². The summed E-state index contributed by atoms with van der Waals surface area (Å²) >= 11 is 0. The normalized spacial score (nSPS) is 19.3. The van der Waals surface area contributed by atoms with E-state index < -0.39 is 31.3 Å². The van der Waals surface area contributed by atoms with Crippen molar-refractivity contribution >= 4 is 20.2 Å². The van der Waals surface area contributed by atoms with Crippen LogP contribution < -0.4 is 0 Å². The van der Waals surface area contributed by atoms with Crippen LogP contribution in [0.5, 0.6) is 0 Å². The largest absolute Gasteiger partial charge is 0.534 e. The molecule has 2 aliphatic rings. The fourth-order valence-corrected chi connectivity index (χ4v) is 2.95. The van der Waals surface area contributed by atoms with E-state index in [0.29, 0.717) is 26.1 Å². The highest BCUT2D eigenvalue weighted by molar-refractivity contribution is 7.88. The lowest BCUT2D eigenvalue weighted by molar-refractivity contribution is -0.0528. The Bertz CT molecular complexity index is 757. The molecule has 2 heterocycles. The maximum Gasteiger partial charge on any atom is 0.534 e. The van der Waals surface area contributed by atoms with Crippen molar-refractivity contribution in [2.75, 3.05) is 26.4 Å². The molecule has 8 nitrogen and oxygen atoms in total. The molecule has 2 rings (SSSR count). The Labute approximate surface area is 168 Å². The number of alkyl halides is 6. The standard InChI is InChI=1S/2C7H9F3O4S/c2*8-7(9,10)15(11,12)14-6-2-1-4-13-5-3-6/h3H,1-2,4-5H2;2H,1,3-5H2. The Morgan fingerprint density at radius 3 is 1.80 bits per heavy atom. The first-order valence-corrected chi connectivity index (χ1v) is 11.0. The number of hydrogen-bond acceptors (Lipinski definition) is 8. The van der Waals surface area contributed by atoms with Crippen molar-refractivity contribution < 1.29 is 61.0 Å². The lowest BCUT2D eigenvalue weighted by atomic mass is 10.3. The molecule has 0 fully saturated rings. The van der Waals surface area contributed by atoms with Gasteiger partial charge in [0.1, 0.15) is 11.5 Å². The summed E-state index contributed by atoms with van der Waals surface area (Å²) in [6, 6.07) is 0. The second-order valence-electron chi connectivity index (χ2n) is 5.64. The van der Waals surface area contributed by atoms with Gasteiger partial charge >= 0.3 is 31.3 Å². The molecule has 0 unspecified atom stereocenters. The van der Waals surface area contributed by atoms with Crippen molar-refractivity contribution in [1.29, 1.82) is 0 Å². The molecular formula is C14H18F6O8S2. The Morgan fingerprint density at radius 1 is 0.733 bits per heavy atom. The van der Waals surface area contributed by atoms with Gasteiger partial charge in [-0.2, -0.15) is 43.2 Å². The average Bonchev–Trinajstić information content (AvgIpc) is 2.97. The van der Waals surface area contributed by atoms with Crippen molar-refractivity contribution in [3.63, 3.8) is 0 Å². The highest BCUT2D eigenvalue weighted by Crippen LogP contribution is 2.29. The van der Waals surface area contributed by atoms with Gasteiger partial charge in [-0.05, 0) is 25.0 Å². The first kappa shape index (κ1) is 26.5. The lowest BCUT2D eigenvalue weighted by Gasteiger charge is -2.10. The molecular weight excluding hydrogens is 474 g/mol. The van der Waals surface area contributed by atoms with Crippen LogP contribution in [0.2, 0.25) is 0 Å². The fraction of sp³-hybridized carbons (Fsp3) is 0.714. The van der Waals surface area contributed by atoms with Gasteiger partial charge < -0.3 is 17.8 Å². The van der Waals surface area contributed by atoms with Crippen LogP contribution in [0.4, 0.5) is 26.3 Å². The molecule has 16 heteroatoms. The SMILES string of the molecule is O=S(=O)(OC1=CCCOCC1)C(F)(F)F.O=S(=O)(OC1=CCOCCC1)C(F)(F)F. The van der Waals surface area contributed by atoms with E-state index in [9.17, 15) is 43.2 Å². The van der Waals surface area contributed by atoms with Gasteiger partial charge in [0, 0.05) is 19.4 Å². The molecule has 0 amide bonds. The molecule has 0 aromatic rings. The van der Waals surface area contributed by atoms with Crippen LogP contribution in [0.3, 0.4) is 0 Å². The predicted molar refractivity (Wildman–Crippen MR) is 88.4 cm³/mol. The van der Waals surface area contributed by atoms with Gasteiger partial charge in [0.25, 0.3) is 0 Å². The van der Waals surface area contributed by atoms with Crippen LogP contribution in [0.15, 0.2) is 23.7 Å². The summed E-state index contributed by atoms with van der Waals surface area (Å²) in [4.78, 5) is 0. The van der Waals surface area contributed by atoms with Crippen LogP contribution in [-0.2, 0) is 38.1 Å². The Kier molecular flexibility index (Phi) is 9.44. The Hall–Kier alpha value is -1.52. The van der Waals surface area contributed by atoms with Gasteiger partial charge in [-0.25, -0.2) is 0 Å². The molecule has 2 aliphatic heterocycles. The zero-order chi connectivity index (χ0) is 23.1. The zero-order valence-corrected chi connectivity index (χ0v) is 16.8. The summed E-state index contributed by atoms with van der Waals surface area (Å²) in [7, 11) is -11.1. The molecule has 0 spiro atoms. The maximum atomic E-state index is 11.9. The average molecular weight is 492 g/mol. The molecule has 0 saturated heterocycles. The molecule has 0 saturated carbocycles. The monoisotopic (exact) mass is 492 g/mol. The van der Waals surface area contributed by atoms with Crippen LogP contribution in [0.1, 0.15) is 25.7 Å². The van der Waals surface area contributed by atoms with Crippen LogP contribution in [0.25, 0.3) is 0 Å². The molecule has 176 valence electrons. The number of hydrogen-bond donors (Lipinski definition) is 0. The highest BCUT2D eigenvalue weighted by Gasteiger charge is 2.49. The lowest BCUT2D eigenvalue weighted by Crippen LogP contribution is -2.25. The third-order valence-corrected chi connectivity index (χ3v) is 5.27. The van der Waals surface area contributed by atoms with Crippen molar-refractivity contribution in [3.8, 4) is 0 Å². The van der Waals surface area contributed by atoms with Gasteiger partial charge in [-0.15, -0.1) is 0 Å². The van der Waals surface area contributed by atoms with E-state index in [0.717, 1.165) is 0 Å².